The molecular formula is C19H20ClN3O4S. The van der Waals surface area contributed by atoms with Gasteiger partial charge in [-0.1, -0.05) is 24.2 Å². The fourth-order valence-corrected chi connectivity index (χ4v) is 3.47. The lowest BCUT2D eigenvalue weighted by Gasteiger charge is -2.16. The predicted octanol–water partition coefficient (Wildman–Crippen LogP) is 3.37. The Bertz CT molecular complexity index is 912. The summed E-state index contributed by atoms with van der Waals surface area (Å²) in [5.74, 6) is 0.427. The van der Waals surface area contributed by atoms with Gasteiger partial charge in [-0.15, -0.1) is 0 Å². The highest BCUT2D eigenvalue weighted by atomic mass is 35.5. The number of ether oxygens (including phenoxy) is 2. The fraction of sp³-hybridized carbons (Fsp3) is 0.158. The minimum absolute atomic E-state index is 0.297. The highest BCUT2D eigenvalue weighted by Crippen LogP contribution is 2.26. The molecule has 0 aliphatic heterocycles. The number of hydrogen-bond donors (Lipinski definition) is 1. The van der Waals surface area contributed by atoms with Crippen molar-refractivity contribution < 1.29 is 18.5 Å². The molecule has 2 aromatic carbocycles. The van der Waals surface area contributed by atoms with E-state index in [1.807, 2.05) is 0 Å². The van der Waals surface area contributed by atoms with Gasteiger partial charge in [0.1, 0.15) is 11.5 Å². The zero-order valence-electron chi connectivity index (χ0n) is 15.5. The topological polar surface area (TPSA) is 80.2 Å². The van der Waals surface area contributed by atoms with Crippen LogP contribution in [-0.2, 0) is 17.5 Å². The second-order valence-electron chi connectivity index (χ2n) is 5.44. The number of benzene rings is 2. The van der Waals surface area contributed by atoms with Gasteiger partial charge in [-0.25, -0.2) is 4.21 Å². The average molecular weight is 422 g/mol. The molecule has 0 spiro atoms. The van der Waals surface area contributed by atoms with Crippen molar-refractivity contribution in [3.8, 4) is 11.5 Å². The van der Waals surface area contributed by atoms with Gasteiger partial charge in [0.05, 0.1) is 30.7 Å². The van der Waals surface area contributed by atoms with Gasteiger partial charge in [0.15, 0.2) is 11.0 Å². The lowest BCUT2D eigenvalue weighted by atomic mass is 10.1. The van der Waals surface area contributed by atoms with E-state index in [-0.39, 0.29) is 0 Å². The van der Waals surface area contributed by atoms with Crippen LogP contribution in [0.3, 0.4) is 0 Å². The van der Waals surface area contributed by atoms with Gasteiger partial charge < -0.3 is 9.47 Å². The van der Waals surface area contributed by atoms with E-state index in [0.717, 1.165) is 5.56 Å². The second kappa shape index (κ2) is 9.91. The normalized spacial score (nSPS) is 11.2. The van der Waals surface area contributed by atoms with Crippen molar-refractivity contribution in [2.45, 2.75) is 11.4 Å². The molecule has 28 heavy (non-hydrogen) atoms. The summed E-state index contributed by atoms with van der Waals surface area (Å²) in [6.45, 7) is 7.48. The van der Waals surface area contributed by atoms with E-state index in [2.05, 4.69) is 23.1 Å². The molecule has 1 amide bonds. The second-order valence-corrected chi connectivity index (χ2v) is 7.06. The molecule has 0 fully saturated rings. The number of rotatable bonds is 9. The molecule has 0 saturated heterocycles. The summed E-state index contributed by atoms with van der Waals surface area (Å²) < 4.78 is 25.3. The summed E-state index contributed by atoms with van der Waals surface area (Å²) >= 11 is 6.04. The first kappa shape index (κ1) is 21.5. The Balaban J connectivity index is 2.17. The number of hydrazone groups is 1. The van der Waals surface area contributed by atoms with Crippen LogP contribution in [0.2, 0.25) is 5.02 Å². The molecule has 2 aromatic rings. The molecule has 1 atom stereocenters. The summed E-state index contributed by atoms with van der Waals surface area (Å²) in [5, 5.41) is 5.63. The fourth-order valence-electron chi connectivity index (χ4n) is 2.33. The van der Waals surface area contributed by atoms with Gasteiger partial charge in [0, 0.05) is 24.0 Å². The van der Waals surface area contributed by atoms with E-state index >= 15 is 0 Å². The Morgan fingerprint density at radius 1 is 1.25 bits per heavy atom. The highest BCUT2D eigenvalue weighted by Gasteiger charge is 2.15. The summed E-state index contributed by atoms with van der Waals surface area (Å²) in [5.41, 5.74) is 1.08. The lowest BCUT2D eigenvalue weighted by Crippen LogP contribution is -2.25. The zero-order valence-corrected chi connectivity index (χ0v) is 17.0. The number of halogens is 1. The first-order valence-corrected chi connectivity index (χ1v) is 9.55. The molecule has 7 nitrogen and oxygen atoms in total. The molecule has 2 rings (SSSR count). The quantitative estimate of drug-likeness (QED) is 0.496. The third kappa shape index (κ3) is 5.11. The maximum atomic E-state index is 12.5. The molecule has 0 radical (unpaired) electrons. The summed E-state index contributed by atoms with van der Waals surface area (Å²) in [7, 11) is 1.19. The lowest BCUT2D eigenvalue weighted by molar-refractivity contribution is 0.0982. The van der Waals surface area contributed by atoms with Crippen LogP contribution in [0.15, 0.2) is 59.2 Å². The van der Waals surface area contributed by atoms with Gasteiger partial charge in [-0.3, -0.25) is 14.5 Å². The minimum atomic E-state index is -1.79. The first-order chi connectivity index (χ1) is 13.4. The number of nitrogens with zero attached hydrogens (tertiary/aromatic N) is 2. The van der Waals surface area contributed by atoms with Crippen molar-refractivity contribution >= 4 is 35.2 Å². The predicted molar refractivity (Wildman–Crippen MR) is 110 cm³/mol. The van der Waals surface area contributed by atoms with Crippen molar-refractivity contribution in [1.82, 2.24) is 9.73 Å². The molecule has 148 valence electrons. The standard InChI is InChI=1S/C19H20ClN3O4S/c1-5-23(21-2)12-14-7-6-13(10-18(14)27-4)19(24)22-28(25)15-8-9-17(26-3)16(20)11-15/h5-11H,1-2,12H2,3-4H3,(H,22,24). The number of nitrogens with one attached hydrogen (secondary N) is 1. The first-order valence-electron chi connectivity index (χ1n) is 8.02. The Kier molecular flexibility index (Phi) is 7.60. The SMILES string of the molecule is C=CN(Cc1ccc(C(=O)NS(=O)c2ccc(OC)c(Cl)c2)cc1OC)N=C. The number of amides is 1. The van der Waals surface area contributed by atoms with E-state index in [0.29, 0.717) is 33.5 Å². The third-order valence-corrected chi connectivity index (χ3v) is 5.14. The number of methoxy groups -OCH3 is 2. The summed E-state index contributed by atoms with van der Waals surface area (Å²) in [6.07, 6.45) is 1.52. The molecule has 0 heterocycles. The maximum Gasteiger partial charge on any atom is 0.263 e. The molecular weight excluding hydrogens is 402 g/mol. The Hall–Kier alpha value is -2.84. The van der Waals surface area contributed by atoms with Crippen LogP contribution < -0.4 is 14.2 Å². The number of carbonyl (C=O) groups excluding carboxylic acids is 1. The summed E-state index contributed by atoms with van der Waals surface area (Å²) in [4.78, 5) is 12.8. The molecule has 0 bridgehead atoms. The monoisotopic (exact) mass is 421 g/mol. The number of hydrogen-bond acceptors (Lipinski definition) is 6. The van der Waals surface area contributed by atoms with E-state index in [1.165, 1.54) is 31.5 Å². The molecule has 9 heteroatoms. The largest absolute Gasteiger partial charge is 0.496 e. The van der Waals surface area contributed by atoms with Crippen LogP contribution in [0.25, 0.3) is 0 Å². The van der Waals surface area contributed by atoms with Crippen molar-refractivity contribution in [1.29, 1.82) is 0 Å². The van der Waals surface area contributed by atoms with E-state index in [4.69, 9.17) is 21.1 Å². The Morgan fingerprint density at radius 2 is 1.96 bits per heavy atom. The molecule has 0 aromatic heterocycles. The maximum absolute atomic E-state index is 12.5. The van der Waals surface area contributed by atoms with Crippen LogP contribution in [0.1, 0.15) is 15.9 Å². The van der Waals surface area contributed by atoms with Crippen molar-refractivity contribution in [2.24, 2.45) is 5.10 Å². The smallest absolute Gasteiger partial charge is 0.263 e. The molecule has 1 unspecified atom stereocenters. The van der Waals surface area contributed by atoms with Gasteiger partial charge in [-0.2, -0.15) is 5.10 Å². The van der Waals surface area contributed by atoms with Gasteiger partial charge >= 0.3 is 0 Å². The van der Waals surface area contributed by atoms with Crippen molar-refractivity contribution in [3.05, 3.63) is 65.3 Å². The van der Waals surface area contributed by atoms with E-state index in [1.54, 1.807) is 30.3 Å². The zero-order chi connectivity index (χ0) is 20.7. The van der Waals surface area contributed by atoms with Gasteiger partial charge in [0.2, 0.25) is 0 Å². The van der Waals surface area contributed by atoms with Gasteiger partial charge in [0.25, 0.3) is 5.91 Å². The Morgan fingerprint density at radius 3 is 2.54 bits per heavy atom. The third-order valence-electron chi connectivity index (χ3n) is 3.80. The summed E-state index contributed by atoms with van der Waals surface area (Å²) in [6, 6.07) is 9.52. The molecule has 0 aliphatic rings. The molecule has 0 saturated carbocycles. The average Bonchev–Trinajstić information content (AvgIpc) is 2.71. The molecule has 1 N–H and O–H groups in total. The van der Waals surface area contributed by atoms with Crippen LogP contribution in [-0.4, -0.2) is 36.1 Å². The van der Waals surface area contributed by atoms with Crippen LogP contribution >= 0.6 is 11.6 Å². The van der Waals surface area contributed by atoms with Crippen LogP contribution in [0.4, 0.5) is 0 Å². The van der Waals surface area contributed by atoms with Crippen LogP contribution in [0.5, 0.6) is 11.5 Å². The van der Waals surface area contributed by atoms with E-state index < -0.39 is 16.9 Å². The number of carbonyl (C=O) groups is 1. The Labute approximate surface area is 171 Å². The van der Waals surface area contributed by atoms with Crippen LogP contribution in [0, 0.1) is 0 Å². The van der Waals surface area contributed by atoms with Gasteiger partial charge in [-0.05, 0) is 30.3 Å². The minimum Gasteiger partial charge on any atom is -0.496 e. The van der Waals surface area contributed by atoms with Crippen molar-refractivity contribution in [3.63, 3.8) is 0 Å². The van der Waals surface area contributed by atoms with Crippen molar-refractivity contribution in [2.75, 3.05) is 14.2 Å². The molecule has 0 aliphatic carbocycles. The van der Waals surface area contributed by atoms with E-state index in [9.17, 15) is 9.00 Å². The highest BCUT2D eigenvalue weighted by molar-refractivity contribution is 7.83.